The highest BCUT2D eigenvalue weighted by atomic mass is 15.1. The lowest BCUT2D eigenvalue weighted by atomic mass is 10.0. The lowest BCUT2D eigenvalue weighted by molar-refractivity contribution is 0.938. The normalized spacial score (nSPS) is 9.41. The fraction of sp³-hybridized carbons (Fsp3) is 0.375. The molecule has 0 aliphatic carbocycles. The lowest BCUT2D eigenvalue weighted by Gasteiger charge is -2.25. The highest BCUT2D eigenvalue weighted by Gasteiger charge is 2.12. The zero-order chi connectivity index (χ0) is 12.7. The molecule has 0 unspecified atom stereocenters. The summed E-state index contributed by atoms with van der Waals surface area (Å²) in [6.07, 6.45) is 12.8. The van der Waals surface area contributed by atoms with E-state index in [1.807, 2.05) is 0 Å². The number of para-hydroxylation sites is 1. The molecule has 0 spiro atoms. The van der Waals surface area contributed by atoms with Crippen molar-refractivity contribution >= 4 is 5.69 Å². The SMILES string of the molecule is C#CCN(CC#C)c1c(CC)cccc1CC. The van der Waals surface area contributed by atoms with Crippen LogP contribution in [0.15, 0.2) is 18.2 Å². The first-order valence-corrected chi connectivity index (χ1v) is 6.01. The molecule has 0 atom stereocenters. The number of benzene rings is 1. The molecule has 0 aliphatic rings. The minimum Gasteiger partial charge on any atom is -0.349 e. The molecule has 0 heterocycles. The van der Waals surface area contributed by atoms with Gasteiger partial charge in [-0.2, -0.15) is 0 Å². The van der Waals surface area contributed by atoms with E-state index in [0.717, 1.165) is 12.8 Å². The van der Waals surface area contributed by atoms with Crippen molar-refractivity contribution in [3.63, 3.8) is 0 Å². The van der Waals surface area contributed by atoms with Crippen LogP contribution in [-0.2, 0) is 12.8 Å². The molecule has 88 valence electrons. The zero-order valence-electron chi connectivity index (χ0n) is 10.7. The van der Waals surface area contributed by atoms with E-state index in [4.69, 9.17) is 12.8 Å². The van der Waals surface area contributed by atoms with Crippen LogP contribution >= 0.6 is 0 Å². The fourth-order valence-corrected chi connectivity index (χ4v) is 2.06. The second-order valence-corrected chi connectivity index (χ2v) is 3.90. The molecule has 0 bridgehead atoms. The van der Waals surface area contributed by atoms with Crippen molar-refractivity contribution in [3.8, 4) is 24.7 Å². The Balaban J connectivity index is 3.24. The predicted octanol–water partition coefficient (Wildman–Crippen LogP) is 2.88. The molecule has 0 radical (unpaired) electrons. The standard InChI is InChI=1S/C16H19N/c1-5-12-17(13-6-2)16-14(7-3)10-9-11-15(16)8-4/h1-2,9-11H,7-8,12-13H2,3-4H3. The van der Waals surface area contributed by atoms with E-state index in [1.165, 1.54) is 16.8 Å². The summed E-state index contributed by atoms with van der Waals surface area (Å²) in [6.45, 7) is 5.44. The average molecular weight is 225 g/mol. The Morgan fingerprint density at radius 1 is 1.00 bits per heavy atom. The molecule has 0 N–H and O–H groups in total. The summed E-state index contributed by atoms with van der Waals surface area (Å²) < 4.78 is 0. The molecular weight excluding hydrogens is 206 g/mol. The van der Waals surface area contributed by atoms with Gasteiger partial charge in [-0.3, -0.25) is 0 Å². The second-order valence-electron chi connectivity index (χ2n) is 3.90. The number of rotatable bonds is 5. The number of aryl methyl sites for hydroxylation is 2. The quantitative estimate of drug-likeness (QED) is 0.696. The van der Waals surface area contributed by atoms with E-state index in [2.05, 4.69) is 48.8 Å². The summed E-state index contributed by atoms with van der Waals surface area (Å²) in [5.41, 5.74) is 3.86. The minimum absolute atomic E-state index is 0.564. The van der Waals surface area contributed by atoms with Gasteiger partial charge in [0.25, 0.3) is 0 Å². The van der Waals surface area contributed by atoms with E-state index in [9.17, 15) is 0 Å². The largest absolute Gasteiger partial charge is 0.349 e. The van der Waals surface area contributed by atoms with Crippen molar-refractivity contribution in [3.05, 3.63) is 29.3 Å². The van der Waals surface area contributed by atoms with Crippen molar-refractivity contribution in [1.29, 1.82) is 0 Å². The molecule has 1 rings (SSSR count). The Kier molecular flexibility index (Phi) is 5.18. The van der Waals surface area contributed by atoms with Crippen LogP contribution in [0.3, 0.4) is 0 Å². The number of anilines is 1. The maximum atomic E-state index is 5.42. The first kappa shape index (κ1) is 13.2. The first-order valence-electron chi connectivity index (χ1n) is 6.01. The lowest BCUT2D eigenvalue weighted by Crippen LogP contribution is -2.26. The van der Waals surface area contributed by atoms with Crippen LogP contribution in [0.4, 0.5) is 5.69 Å². The summed E-state index contributed by atoms with van der Waals surface area (Å²) in [4.78, 5) is 2.11. The molecule has 0 saturated carbocycles. The molecule has 1 aromatic carbocycles. The van der Waals surface area contributed by atoms with Gasteiger partial charge in [-0.25, -0.2) is 0 Å². The molecule has 0 aromatic heterocycles. The number of terminal acetylenes is 2. The van der Waals surface area contributed by atoms with Crippen molar-refractivity contribution in [2.45, 2.75) is 26.7 Å². The summed E-state index contributed by atoms with van der Waals surface area (Å²) in [6, 6.07) is 6.40. The van der Waals surface area contributed by atoms with Gasteiger partial charge in [0.1, 0.15) is 0 Å². The van der Waals surface area contributed by atoms with E-state index in [-0.39, 0.29) is 0 Å². The Labute approximate surface area is 105 Å². The second kappa shape index (κ2) is 6.66. The van der Waals surface area contributed by atoms with Crippen LogP contribution < -0.4 is 4.90 Å². The average Bonchev–Trinajstić information content (AvgIpc) is 2.37. The first-order chi connectivity index (χ1) is 8.28. The monoisotopic (exact) mass is 225 g/mol. The molecule has 0 fully saturated rings. The summed E-state index contributed by atoms with van der Waals surface area (Å²) in [5, 5.41) is 0. The fourth-order valence-electron chi connectivity index (χ4n) is 2.06. The van der Waals surface area contributed by atoms with Crippen molar-refractivity contribution in [1.82, 2.24) is 0 Å². The highest BCUT2D eigenvalue weighted by molar-refractivity contribution is 5.61. The van der Waals surface area contributed by atoms with Crippen LogP contribution in [0.1, 0.15) is 25.0 Å². The third kappa shape index (κ3) is 3.05. The molecule has 0 amide bonds. The van der Waals surface area contributed by atoms with Gasteiger partial charge < -0.3 is 4.90 Å². The number of nitrogens with zero attached hydrogens (tertiary/aromatic N) is 1. The number of hydrogen-bond donors (Lipinski definition) is 0. The molecule has 0 aliphatic heterocycles. The van der Waals surface area contributed by atoms with Gasteiger partial charge in [0.15, 0.2) is 0 Å². The smallest absolute Gasteiger partial charge is 0.0801 e. The summed E-state index contributed by atoms with van der Waals surface area (Å²) in [5.74, 6) is 5.37. The molecule has 1 nitrogen and oxygen atoms in total. The van der Waals surface area contributed by atoms with Crippen molar-refractivity contribution < 1.29 is 0 Å². The third-order valence-electron chi connectivity index (χ3n) is 2.85. The predicted molar refractivity (Wildman–Crippen MR) is 75.1 cm³/mol. The van der Waals surface area contributed by atoms with E-state index >= 15 is 0 Å². The maximum absolute atomic E-state index is 5.42. The van der Waals surface area contributed by atoms with Gasteiger partial charge in [0.05, 0.1) is 13.1 Å². The van der Waals surface area contributed by atoms with Gasteiger partial charge >= 0.3 is 0 Å². The molecule has 0 saturated heterocycles. The Bertz CT molecular complexity index is 407. The van der Waals surface area contributed by atoms with E-state index in [0.29, 0.717) is 13.1 Å². The number of hydrogen-bond acceptors (Lipinski definition) is 1. The summed E-state index contributed by atoms with van der Waals surface area (Å²) in [7, 11) is 0. The molecule has 1 aromatic rings. The van der Waals surface area contributed by atoms with Crippen LogP contribution in [-0.4, -0.2) is 13.1 Å². The van der Waals surface area contributed by atoms with E-state index in [1.54, 1.807) is 0 Å². The molecule has 1 heteroatoms. The van der Waals surface area contributed by atoms with Gasteiger partial charge in [0, 0.05) is 5.69 Å². The van der Waals surface area contributed by atoms with Crippen LogP contribution in [0.25, 0.3) is 0 Å². The Morgan fingerprint density at radius 3 is 1.82 bits per heavy atom. The van der Waals surface area contributed by atoms with Crippen molar-refractivity contribution in [2.75, 3.05) is 18.0 Å². The third-order valence-corrected chi connectivity index (χ3v) is 2.85. The van der Waals surface area contributed by atoms with Gasteiger partial charge in [0.2, 0.25) is 0 Å². The minimum atomic E-state index is 0.564. The summed E-state index contributed by atoms with van der Waals surface area (Å²) >= 11 is 0. The van der Waals surface area contributed by atoms with Gasteiger partial charge in [-0.05, 0) is 24.0 Å². The van der Waals surface area contributed by atoms with Crippen molar-refractivity contribution in [2.24, 2.45) is 0 Å². The van der Waals surface area contributed by atoms with E-state index < -0.39 is 0 Å². The Morgan fingerprint density at radius 2 is 1.47 bits per heavy atom. The van der Waals surface area contributed by atoms with Gasteiger partial charge in [-0.1, -0.05) is 43.9 Å². The van der Waals surface area contributed by atoms with Crippen LogP contribution in [0.2, 0.25) is 0 Å². The van der Waals surface area contributed by atoms with Crippen LogP contribution in [0, 0.1) is 24.7 Å². The highest BCUT2D eigenvalue weighted by Crippen LogP contribution is 2.26. The Hall–Kier alpha value is -1.86. The zero-order valence-corrected chi connectivity index (χ0v) is 10.7. The van der Waals surface area contributed by atoms with Gasteiger partial charge in [-0.15, -0.1) is 12.8 Å². The topological polar surface area (TPSA) is 3.24 Å². The van der Waals surface area contributed by atoms with Crippen LogP contribution in [0.5, 0.6) is 0 Å². The molecule has 17 heavy (non-hydrogen) atoms. The maximum Gasteiger partial charge on any atom is 0.0801 e. The molecular formula is C16H19N.